The Kier molecular flexibility index (Phi) is 5.78. The van der Waals surface area contributed by atoms with Crippen LogP contribution in [-0.2, 0) is 11.2 Å². The van der Waals surface area contributed by atoms with Crippen molar-refractivity contribution in [2.24, 2.45) is 0 Å². The Bertz CT molecular complexity index is 1190. The number of hydrogen-bond donors (Lipinski definition) is 1. The molecule has 0 saturated carbocycles. The van der Waals surface area contributed by atoms with Gasteiger partial charge in [-0.15, -0.1) is 11.8 Å². The largest absolute Gasteiger partial charge is 0.494 e. The zero-order chi connectivity index (χ0) is 22.1. The summed E-state index contributed by atoms with van der Waals surface area (Å²) in [7, 11) is 1.59. The molecule has 1 atom stereocenters. The molecule has 1 aliphatic rings. The smallest absolute Gasteiger partial charge is 0.276 e. The predicted octanol–water partition coefficient (Wildman–Crippen LogP) is 3.91. The molecule has 4 rings (SSSR count). The van der Waals surface area contributed by atoms with Crippen LogP contribution in [0, 0.1) is 13.8 Å². The van der Waals surface area contributed by atoms with E-state index in [4.69, 9.17) is 10.5 Å². The van der Waals surface area contributed by atoms with E-state index >= 15 is 0 Å². The van der Waals surface area contributed by atoms with Gasteiger partial charge in [0.15, 0.2) is 5.75 Å². The fourth-order valence-electron chi connectivity index (χ4n) is 4.03. The van der Waals surface area contributed by atoms with Crippen molar-refractivity contribution in [2.45, 2.75) is 31.5 Å². The summed E-state index contributed by atoms with van der Waals surface area (Å²) in [6.45, 7) is 4.13. The van der Waals surface area contributed by atoms with E-state index in [0.717, 1.165) is 17.7 Å². The minimum absolute atomic E-state index is 0.160. The van der Waals surface area contributed by atoms with Crippen LogP contribution in [0.15, 0.2) is 58.4 Å². The van der Waals surface area contributed by atoms with Gasteiger partial charge in [-0.3, -0.25) is 19.1 Å². The molecular formula is C24H25N3O3S. The number of fused-ring (bicyclic) bond motifs is 1. The van der Waals surface area contributed by atoms with E-state index in [-0.39, 0.29) is 11.2 Å². The monoisotopic (exact) mass is 435 g/mol. The van der Waals surface area contributed by atoms with E-state index in [2.05, 4.69) is 19.9 Å². The minimum atomic E-state index is -0.474. The van der Waals surface area contributed by atoms with E-state index in [0.29, 0.717) is 28.5 Å². The maximum Gasteiger partial charge on any atom is 0.276 e. The molecule has 2 heterocycles. The molecule has 0 spiro atoms. The molecule has 6 nitrogen and oxygen atoms in total. The molecule has 0 bridgehead atoms. The van der Waals surface area contributed by atoms with Crippen LogP contribution in [-0.4, -0.2) is 23.8 Å². The third-order valence-corrected chi connectivity index (χ3v) is 7.03. The van der Waals surface area contributed by atoms with Crippen molar-refractivity contribution in [1.82, 2.24) is 4.57 Å². The van der Waals surface area contributed by atoms with Crippen LogP contribution < -0.4 is 20.9 Å². The maximum atomic E-state index is 13.4. The van der Waals surface area contributed by atoms with Gasteiger partial charge in [0, 0.05) is 23.4 Å². The van der Waals surface area contributed by atoms with Gasteiger partial charge in [0.05, 0.1) is 7.11 Å². The van der Waals surface area contributed by atoms with Crippen LogP contribution in [0.25, 0.3) is 0 Å². The van der Waals surface area contributed by atoms with Crippen molar-refractivity contribution in [1.29, 1.82) is 0 Å². The van der Waals surface area contributed by atoms with Crippen molar-refractivity contribution in [3.05, 3.63) is 81.1 Å². The molecular weight excluding hydrogens is 410 g/mol. The number of carbonyl (C=O) groups excluding carboxylic acids is 1. The molecule has 0 unspecified atom stereocenters. The van der Waals surface area contributed by atoms with Gasteiger partial charge in [-0.05, 0) is 42.7 Å². The summed E-state index contributed by atoms with van der Waals surface area (Å²) < 4.78 is 7.36. The Balaban J connectivity index is 1.83. The lowest BCUT2D eigenvalue weighted by atomic mass is 9.96. The number of pyridine rings is 1. The number of carbonyl (C=O) groups is 1. The number of hydrogen-bond acceptors (Lipinski definition) is 5. The Hall–Kier alpha value is -3.19. The van der Waals surface area contributed by atoms with E-state index in [1.165, 1.54) is 22.9 Å². The Morgan fingerprint density at radius 1 is 1.19 bits per heavy atom. The van der Waals surface area contributed by atoms with E-state index in [1.807, 2.05) is 42.5 Å². The topological polar surface area (TPSA) is 77.6 Å². The van der Waals surface area contributed by atoms with Gasteiger partial charge in [-0.2, -0.15) is 0 Å². The molecule has 3 aromatic rings. The van der Waals surface area contributed by atoms with Gasteiger partial charge in [0.1, 0.15) is 16.9 Å². The van der Waals surface area contributed by atoms with Crippen molar-refractivity contribution in [2.75, 3.05) is 23.5 Å². The van der Waals surface area contributed by atoms with Crippen LogP contribution in [0.5, 0.6) is 5.75 Å². The summed E-state index contributed by atoms with van der Waals surface area (Å²) in [5.41, 5.74) is 11.1. The lowest BCUT2D eigenvalue weighted by Crippen LogP contribution is -2.38. The number of nitrogens with two attached hydrogens (primary N) is 1. The van der Waals surface area contributed by atoms with Gasteiger partial charge < -0.3 is 10.5 Å². The molecule has 1 aliphatic heterocycles. The molecule has 0 radical (unpaired) electrons. The lowest BCUT2D eigenvalue weighted by molar-refractivity contribution is -0.108. The first-order chi connectivity index (χ1) is 15.0. The average molecular weight is 436 g/mol. The van der Waals surface area contributed by atoms with Crippen molar-refractivity contribution < 1.29 is 9.53 Å². The number of nitrogen functional groups attached to an aromatic ring is 1. The number of rotatable bonds is 6. The minimum Gasteiger partial charge on any atom is -0.494 e. The number of aromatic nitrogens is 1. The number of anilines is 2. The summed E-state index contributed by atoms with van der Waals surface area (Å²) in [6, 6.07) is 15.4. The van der Waals surface area contributed by atoms with Crippen LogP contribution >= 0.6 is 11.8 Å². The Morgan fingerprint density at radius 2 is 1.94 bits per heavy atom. The second-order valence-electron chi connectivity index (χ2n) is 7.58. The summed E-state index contributed by atoms with van der Waals surface area (Å²) in [5, 5.41) is 0.704. The van der Waals surface area contributed by atoms with Gasteiger partial charge in [-0.1, -0.05) is 36.4 Å². The molecule has 31 heavy (non-hydrogen) atoms. The third-order valence-electron chi connectivity index (χ3n) is 5.91. The SMILES string of the molecule is COc1c(Cc2cccc(C)c2C)c(N)c(=O)n2c1SC[C@@H]2N(C=O)c1ccccc1. The molecule has 0 aliphatic carbocycles. The van der Waals surface area contributed by atoms with E-state index in [1.54, 1.807) is 16.6 Å². The normalized spacial score (nSPS) is 14.9. The Labute approximate surface area is 185 Å². The first kappa shape index (κ1) is 21.1. The maximum absolute atomic E-state index is 13.4. The fourth-order valence-corrected chi connectivity index (χ4v) is 5.33. The highest BCUT2D eigenvalue weighted by Crippen LogP contribution is 2.44. The van der Waals surface area contributed by atoms with E-state index < -0.39 is 6.17 Å². The fraction of sp³-hybridized carbons (Fsp3) is 0.250. The predicted molar refractivity (Wildman–Crippen MR) is 125 cm³/mol. The number of ether oxygens (including phenoxy) is 1. The zero-order valence-electron chi connectivity index (χ0n) is 17.8. The van der Waals surface area contributed by atoms with Crippen LogP contribution in [0.4, 0.5) is 11.4 Å². The lowest BCUT2D eigenvalue weighted by Gasteiger charge is -2.27. The van der Waals surface area contributed by atoms with Gasteiger partial charge in [-0.25, -0.2) is 0 Å². The third kappa shape index (κ3) is 3.59. The van der Waals surface area contributed by atoms with Crippen molar-refractivity contribution in [3.8, 4) is 5.75 Å². The summed E-state index contributed by atoms with van der Waals surface area (Å²) in [5.74, 6) is 1.13. The summed E-state index contributed by atoms with van der Waals surface area (Å²) in [6.07, 6.45) is 0.792. The second-order valence-corrected chi connectivity index (χ2v) is 8.59. The quantitative estimate of drug-likeness (QED) is 0.594. The number of aryl methyl sites for hydroxylation is 1. The van der Waals surface area contributed by atoms with Gasteiger partial charge in [0.25, 0.3) is 5.56 Å². The van der Waals surface area contributed by atoms with Gasteiger partial charge >= 0.3 is 0 Å². The summed E-state index contributed by atoms with van der Waals surface area (Å²) in [4.78, 5) is 26.9. The number of para-hydroxylation sites is 1. The average Bonchev–Trinajstić information content (AvgIpc) is 3.21. The molecule has 2 N–H and O–H groups in total. The van der Waals surface area contributed by atoms with Crippen LogP contribution in [0.2, 0.25) is 0 Å². The first-order valence-electron chi connectivity index (χ1n) is 10.0. The highest BCUT2D eigenvalue weighted by atomic mass is 32.2. The Morgan fingerprint density at radius 3 is 2.61 bits per heavy atom. The van der Waals surface area contributed by atoms with E-state index in [9.17, 15) is 9.59 Å². The first-order valence-corrected chi connectivity index (χ1v) is 11.0. The number of thioether (sulfide) groups is 1. The standard InChI is InChI=1S/C24H25N3O3S/c1-15-8-7-9-17(16(15)2)12-19-21(25)23(29)27-20(13-31-24(27)22(19)30-3)26(14-28)18-10-5-4-6-11-18/h4-11,14,20H,12-13,25H2,1-3H3/t20-/m1/s1. The molecule has 0 fully saturated rings. The molecule has 160 valence electrons. The molecule has 7 heteroatoms. The number of benzene rings is 2. The second kappa shape index (κ2) is 8.51. The molecule has 0 saturated heterocycles. The number of nitrogens with zero attached hydrogens (tertiary/aromatic N) is 2. The summed E-state index contributed by atoms with van der Waals surface area (Å²) >= 11 is 1.50. The molecule has 1 aromatic heterocycles. The van der Waals surface area contributed by atoms with Gasteiger partial charge in [0.2, 0.25) is 6.41 Å². The molecule has 1 amide bonds. The number of methoxy groups -OCH3 is 1. The molecule has 2 aromatic carbocycles. The zero-order valence-corrected chi connectivity index (χ0v) is 18.6. The van der Waals surface area contributed by atoms with Crippen molar-refractivity contribution in [3.63, 3.8) is 0 Å². The highest BCUT2D eigenvalue weighted by molar-refractivity contribution is 7.99. The van der Waals surface area contributed by atoms with Crippen LogP contribution in [0.3, 0.4) is 0 Å². The highest BCUT2D eigenvalue weighted by Gasteiger charge is 2.35. The van der Waals surface area contributed by atoms with Crippen molar-refractivity contribution >= 4 is 29.5 Å². The van der Waals surface area contributed by atoms with Crippen LogP contribution in [0.1, 0.15) is 28.4 Å². The number of amides is 1.